The molecule has 1 aliphatic heterocycles. The van der Waals surface area contributed by atoms with Gasteiger partial charge in [-0.2, -0.15) is 0 Å². The van der Waals surface area contributed by atoms with Crippen LogP contribution in [0.5, 0.6) is 0 Å². The van der Waals surface area contributed by atoms with Crippen LogP contribution in [0, 0.1) is 5.92 Å². The van der Waals surface area contributed by atoms with Crippen molar-refractivity contribution in [2.24, 2.45) is 13.0 Å². The molecular weight excluding hydrogens is 402 g/mol. The van der Waals surface area contributed by atoms with E-state index in [0.717, 1.165) is 12.3 Å². The summed E-state index contributed by atoms with van der Waals surface area (Å²) >= 11 is 0. The average Bonchev–Trinajstić information content (AvgIpc) is 3.34. The molecule has 2 aromatic heterocycles. The first kappa shape index (κ1) is 20.8. The summed E-state index contributed by atoms with van der Waals surface area (Å²) in [6.45, 7) is 1.93. The predicted molar refractivity (Wildman–Crippen MR) is 124 cm³/mol. The molecule has 7 heteroatoms. The van der Waals surface area contributed by atoms with E-state index in [1.807, 2.05) is 0 Å². The van der Waals surface area contributed by atoms with E-state index in [4.69, 9.17) is 9.72 Å². The summed E-state index contributed by atoms with van der Waals surface area (Å²) in [6, 6.07) is 12.1. The van der Waals surface area contributed by atoms with Gasteiger partial charge in [-0.15, -0.1) is 0 Å². The van der Waals surface area contributed by atoms with Crippen molar-refractivity contribution in [2.45, 2.75) is 38.2 Å². The summed E-state index contributed by atoms with van der Waals surface area (Å²) in [7, 11) is 1.76. The number of hydrogen-bond donors (Lipinski definition) is 0. The molecule has 2 aliphatic rings. The lowest BCUT2D eigenvalue weighted by molar-refractivity contribution is 0.0389. The second-order valence-corrected chi connectivity index (χ2v) is 8.84. The molecular formula is C25H29N5O2. The molecule has 0 N–H and O–H groups in total. The first-order valence-corrected chi connectivity index (χ1v) is 11.5. The van der Waals surface area contributed by atoms with Crippen LogP contribution >= 0.6 is 0 Å². The summed E-state index contributed by atoms with van der Waals surface area (Å²) < 4.78 is 7.75. The number of anilines is 1. The lowest BCUT2D eigenvalue weighted by Gasteiger charge is -2.34. The number of benzene rings is 1. The third-order valence-electron chi connectivity index (χ3n) is 6.63. The van der Waals surface area contributed by atoms with Gasteiger partial charge in [0.2, 0.25) is 5.95 Å². The minimum atomic E-state index is -0.106. The summed E-state index contributed by atoms with van der Waals surface area (Å²) in [4.78, 5) is 27.8. The minimum absolute atomic E-state index is 0.0492. The van der Waals surface area contributed by atoms with Gasteiger partial charge >= 0.3 is 0 Å². The number of hydrogen-bond acceptors (Lipinski definition) is 6. The highest BCUT2D eigenvalue weighted by Crippen LogP contribution is 2.30. The van der Waals surface area contributed by atoms with Gasteiger partial charge in [-0.3, -0.25) is 9.36 Å². The number of nitrogens with zero attached hydrogens (tertiary/aromatic N) is 5. The van der Waals surface area contributed by atoms with Crippen molar-refractivity contribution in [3.63, 3.8) is 0 Å². The van der Waals surface area contributed by atoms with Crippen LogP contribution in [-0.2, 0) is 18.2 Å². The lowest BCUT2D eigenvalue weighted by Crippen LogP contribution is -2.41. The third-order valence-corrected chi connectivity index (χ3v) is 6.63. The molecule has 1 atom stereocenters. The summed E-state index contributed by atoms with van der Waals surface area (Å²) in [5, 5.41) is 0. The molecule has 166 valence electrons. The maximum atomic E-state index is 12.7. The van der Waals surface area contributed by atoms with Gasteiger partial charge in [0.15, 0.2) is 0 Å². The Balaban J connectivity index is 1.39. The van der Waals surface area contributed by atoms with Crippen molar-refractivity contribution in [1.82, 2.24) is 19.5 Å². The van der Waals surface area contributed by atoms with Crippen LogP contribution in [0.25, 0.3) is 11.4 Å². The monoisotopic (exact) mass is 431 g/mol. The highest BCUT2D eigenvalue weighted by molar-refractivity contribution is 5.55. The Bertz CT molecular complexity index is 1120. The maximum Gasteiger partial charge on any atom is 0.255 e. The second-order valence-electron chi connectivity index (χ2n) is 8.84. The maximum absolute atomic E-state index is 12.7. The zero-order valence-electron chi connectivity index (χ0n) is 18.5. The molecule has 3 aromatic rings. The number of morpholine rings is 1. The van der Waals surface area contributed by atoms with Crippen molar-refractivity contribution in [1.29, 1.82) is 0 Å². The standard InChI is InChI=1S/C25H29N5O2/c1-29-24(31)15-22(21-9-10-26-17-27-21)28-25(29)30-11-12-32-23(16-30)20-8-4-7-19(14-20)13-18-5-2-3-6-18/h4,7-10,14-15,17-18,23H,2-3,5-6,11-13,16H2,1H3. The first-order chi connectivity index (χ1) is 15.7. The van der Waals surface area contributed by atoms with Crippen molar-refractivity contribution in [3.8, 4) is 11.4 Å². The van der Waals surface area contributed by atoms with E-state index in [9.17, 15) is 4.79 Å². The second kappa shape index (κ2) is 9.20. The number of aromatic nitrogens is 4. The van der Waals surface area contributed by atoms with Crippen molar-refractivity contribution in [3.05, 3.63) is 70.4 Å². The number of rotatable bonds is 5. The molecule has 1 unspecified atom stereocenters. The van der Waals surface area contributed by atoms with Crippen LogP contribution in [0.2, 0.25) is 0 Å². The van der Waals surface area contributed by atoms with Gasteiger partial charge in [-0.1, -0.05) is 49.9 Å². The van der Waals surface area contributed by atoms with Gasteiger partial charge in [0.05, 0.1) is 24.5 Å². The highest BCUT2D eigenvalue weighted by Gasteiger charge is 2.26. The van der Waals surface area contributed by atoms with E-state index in [1.54, 1.807) is 23.9 Å². The Labute approximate surface area is 188 Å². The van der Waals surface area contributed by atoms with Crippen LogP contribution in [0.4, 0.5) is 5.95 Å². The van der Waals surface area contributed by atoms with Crippen LogP contribution in [0.3, 0.4) is 0 Å². The molecule has 32 heavy (non-hydrogen) atoms. The van der Waals surface area contributed by atoms with Gasteiger partial charge in [-0.25, -0.2) is 15.0 Å². The molecule has 0 spiro atoms. The zero-order chi connectivity index (χ0) is 21.9. The molecule has 2 fully saturated rings. The molecule has 3 heterocycles. The fraction of sp³-hybridized carbons (Fsp3) is 0.440. The van der Waals surface area contributed by atoms with E-state index in [-0.39, 0.29) is 11.7 Å². The van der Waals surface area contributed by atoms with Crippen LogP contribution in [0.1, 0.15) is 42.9 Å². The molecule has 7 nitrogen and oxygen atoms in total. The Morgan fingerprint density at radius 3 is 2.81 bits per heavy atom. The van der Waals surface area contributed by atoms with Crippen LogP contribution in [0.15, 0.2) is 53.7 Å². The predicted octanol–water partition coefficient (Wildman–Crippen LogP) is 3.55. The molecule has 1 saturated carbocycles. The van der Waals surface area contributed by atoms with E-state index >= 15 is 0 Å². The molecule has 1 aliphatic carbocycles. The molecule has 5 rings (SSSR count). The summed E-state index contributed by atoms with van der Waals surface area (Å²) in [6.07, 6.45) is 9.66. The van der Waals surface area contributed by atoms with Crippen molar-refractivity contribution < 1.29 is 4.74 Å². The zero-order valence-corrected chi connectivity index (χ0v) is 18.5. The van der Waals surface area contributed by atoms with Gasteiger partial charge in [-0.05, 0) is 29.5 Å². The fourth-order valence-corrected chi connectivity index (χ4v) is 4.88. The molecule has 1 aromatic carbocycles. The Hall–Kier alpha value is -3.06. The van der Waals surface area contributed by atoms with E-state index < -0.39 is 0 Å². The Morgan fingerprint density at radius 1 is 1.12 bits per heavy atom. The Kier molecular flexibility index (Phi) is 5.99. The molecule has 0 bridgehead atoms. The van der Waals surface area contributed by atoms with E-state index in [0.29, 0.717) is 37.0 Å². The molecule has 0 amide bonds. The summed E-state index contributed by atoms with van der Waals surface area (Å²) in [5.41, 5.74) is 3.69. The van der Waals surface area contributed by atoms with Crippen molar-refractivity contribution in [2.75, 3.05) is 24.6 Å². The molecule has 0 radical (unpaired) electrons. The first-order valence-electron chi connectivity index (χ1n) is 11.5. The fourth-order valence-electron chi connectivity index (χ4n) is 4.88. The summed E-state index contributed by atoms with van der Waals surface area (Å²) in [5.74, 6) is 1.46. The topological polar surface area (TPSA) is 73.1 Å². The normalized spacial score (nSPS) is 19.4. The van der Waals surface area contributed by atoms with Gasteiger partial charge in [0.1, 0.15) is 12.4 Å². The Morgan fingerprint density at radius 2 is 2.00 bits per heavy atom. The van der Waals surface area contributed by atoms with Gasteiger partial charge < -0.3 is 9.64 Å². The minimum Gasteiger partial charge on any atom is -0.370 e. The third kappa shape index (κ3) is 4.43. The average molecular weight is 432 g/mol. The molecule has 1 saturated heterocycles. The largest absolute Gasteiger partial charge is 0.370 e. The van der Waals surface area contributed by atoms with E-state index in [2.05, 4.69) is 39.1 Å². The van der Waals surface area contributed by atoms with Crippen LogP contribution in [-0.4, -0.2) is 39.2 Å². The van der Waals surface area contributed by atoms with Gasteiger partial charge in [0, 0.05) is 25.9 Å². The SMILES string of the molecule is Cn1c(N2CCOC(c3cccc(CC4CCCC4)c3)C2)nc(-c2ccncn2)cc1=O. The smallest absolute Gasteiger partial charge is 0.255 e. The van der Waals surface area contributed by atoms with Crippen molar-refractivity contribution >= 4 is 5.95 Å². The number of ether oxygens (including phenoxy) is 1. The lowest BCUT2D eigenvalue weighted by atomic mass is 9.95. The quantitative estimate of drug-likeness (QED) is 0.615. The van der Waals surface area contributed by atoms with E-state index in [1.165, 1.54) is 49.2 Å². The highest BCUT2D eigenvalue weighted by atomic mass is 16.5. The van der Waals surface area contributed by atoms with Gasteiger partial charge in [0.25, 0.3) is 5.56 Å². The van der Waals surface area contributed by atoms with Crippen LogP contribution < -0.4 is 10.5 Å².